The highest BCUT2D eigenvalue weighted by molar-refractivity contribution is 6.50. The van der Waals surface area contributed by atoms with Gasteiger partial charge in [-0.3, -0.25) is 20.8 Å². The Morgan fingerprint density at radius 1 is 0.447 bits per heavy atom. The Bertz CT molecular complexity index is 2210. The van der Waals surface area contributed by atoms with E-state index in [4.69, 9.17) is 16.6 Å². The number of hydrogen-bond acceptors (Lipinski definition) is 5. The molecule has 4 N–H and O–H groups in total. The predicted molar refractivity (Wildman–Crippen MR) is 197 cm³/mol. The summed E-state index contributed by atoms with van der Waals surface area (Å²) in [5, 5.41) is 20.7. The molecule has 0 bridgehead atoms. The van der Waals surface area contributed by atoms with Crippen LogP contribution in [-0.4, -0.2) is 21.4 Å². The number of aromatic nitrogens is 2. The van der Waals surface area contributed by atoms with Crippen molar-refractivity contribution in [3.05, 3.63) is 170 Å². The Kier molecular flexibility index (Phi) is 8.02. The molecule has 2 heterocycles. The fourth-order valence-electron chi connectivity index (χ4n) is 6.11. The van der Waals surface area contributed by atoms with Crippen LogP contribution in [0, 0.1) is 10.8 Å². The minimum atomic E-state index is 0.248. The molecule has 0 saturated carbocycles. The van der Waals surface area contributed by atoms with Crippen LogP contribution in [0.2, 0.25) is 0 Å². The summed E-state index contributed by atoms with van der Waals surface area (Å²) >= 11 is 0. The standard InChI is InChI=1S/C26H18N2.C16H13N3/c27-23-15-14-18(16-24(23)28)26-21-12-6-4-10-19(21)25(17-8-2-1-3-9-17)20-11-5-7-13-22(20)26;17-16-8-14(12-3-1-5-18-10-12)7-15(9-16)13-4-2-6-19-11-13/h1-16,27-28H;1-11H,17H2. The molecule has 2 aromatic heterocycles. The lowest BCUT2D eigenvalue weighted by molar-refractivity contribution is 1.32. The number of rotatable bonds is 4. The van der Waals surface area contributed by atoms with Crippen LogP contribution in [0.15, 0.2) is 164 Å². The van der Waals surface area contributed by atoms with E-state index in [0.717, 1.165) is 49.9 Å². The molecule has 5 heteroatoms. The summed E-state index contributed by atoms with van der Waals surface area (Å²) < 4.78 is 0. The Morgan fingerprint density at radius 2 is 0.936 bits per heavy atom. The highest BCUT2D eigenvalue weighted by atomic mass is 14.6. The third kappa shape index (κ3) is 5.98. The van der Waals surface area contributed by atoms with Crippen molar-refractivity contribution in [2.24, 2.45) is 0 Å². The van der Waals surface area contributed by atoms with Crippen molar-refractivity contribution in [1.82, 2.24) is 9.97 Å². The first-order valence-corrected chi connectivity index (χ1v) is 15.3. The van der Waals surface area contributed by atoms with Crippen LogP contribution < -0.4 is 5.73 Å². The predicted octanol–water partition coefficient (Wildman–Crippen LogP) is 10.0. The summed E-state index contributed by atoms with van der Waals surface area (Å²) in [7, 11) is 0. The maximum Gasteiger partial charge on any atom is 0.0795 e. The lowest BCUT2D eigenvalue weighted by Crippen LogP contribution is -2.10. The lowest BCUT2D eigenvalue weighted by atomic mass is 9.84. The summed E-state index contributed by atoms with van der Waals surface area (Å²) in [4.78, 5) is 8.28. The smallest absolute Gasteiger partial charge is 0.0795 e. The first-order chi connectivity index (χ1) is 23.1. The van der Waals surface area contributed by atoms with Gasteiger partial charge in [-0.25, -0.2) is 0 Å². The molecule has 5 aromatic carbocycles. The largest absolute Gasteiger partial charge is 0.399 e. The fourth-order valence-corrected chi connectivity index (χ4v) is 6.11. The average Bonchev–Trinajstić information content (AvgIpc) is 3.13. The van der Waals surface area contributed by atoms with E-state index in [1.807, 2.05) is 60.9 Å². The Balaban J connectivity index is 0.000000161. The molecule has 0 atom stereocenters. The highest BCUT2D eigenvalue weighted by Gasteiger charge is 2.18. The van der Waals surface area contributed by atoms with Crippen LogP contribution in [0.4, 0.5) is 5.69 Å². The maximum atomic E-state index is 8.12. The third-order valence-corrected chi connectivity index (χ3v) is 8.25. The van der Waals surface area contributed by atoms with Crippen molar-refractivity contribution in [3.8, 4) is 33.4 Å². The second kappa shape index (κ2) is 12.9. The van der Waals surface area contributed by atoms with Gasteiger partial charge >= 0.3 is 0 Å². The zero-order chi connectivity index (χ0) is 32.2. The summed E-state index contributed by atoms with van der Waals surface area (Å²) in [5.41, 5.74) is 16.0. The first-order valence-electron chi connectivity index (χ1n) is 15.3. The van der Waals surface area contributed by atoms with Crippen molar-refractivity contribution < 1.29 is 0 Å². The van der Waals surface area contributed by atoms with Gasteiger partial charge < -0.3 is 5.73 Å². The van der Waals surface area contributed by atoms with E-state index in [9.17, 15) is 0 Å². The van der Waals surface area contributed by atoms with Crippen molar-refractivity contribution in [2.75, 3.05) is 5.73 Å². The number of allylic oxidation sites excluding steroid dienone is 4. The van der Waals surface area contributed by atoms with Crippen molar-refractivity contribution in [2.45, 2.75) is 0 Å². The van der Waals surface area contributed by atoms with Gasteiger partial charge in [0.05, 0.1) is 11.4 Å². The van der Waals surface area contributed by atoms with Crippen molar-refractivity contribution in [3.63, 3.8) is 0 Å². The van der Waals surface area contributed by atoms with Crippen LogP contribution in [-0.2, 0) is 0 Å². The summed E-state index contributed by atoms with van der Waals surface area (Å²) in [5.74, 6) is 0. The lowest BCUT2D eigenvalue weighted by Gasteiger charge is -2.19. The zero-order valence-corrected chi connectivity index (χ0v) is 25.6. The van der Waals surface area contributed by atoms with E-state index in [0.29, 0.717) is 0 Å². The van der Waals surface area contributed by atoms with E-state index in [1.165, 1.54) is 21.9 Å². The van der Waals surface area contributed by atoms with Crippen molar-refractivity contribution >= 4 is 44.2 Å². The highest BCUT2D eigenvalue weighted by Crippen LogP contribution is 2.42. The zero-order valence-electron chi connectivity index (χ0n) is 25.6. The van der Waals surface area contributed by atoms with Crippen LogP contribution >= 0.6 is 0 Å². The number of nitrogens with two attached hydrogens (primary N) is 1. The van der Waals surface area contributed by atoms with Crippen LogP contribution in [0.3, 0.4) is 0 Å². The fraction of sp³-hybridized carbons (Fsp3) is 0. The number of fused-ring (bicyclic) bond motifs is 2. The average molecular weight is 606 g/mol. The minimum absolute atomic E-state index is 0.248. The molecule has 0 saturated heterocycles. The van der Waals surface area contributed by atoms with E-state index >= 15 is 0 Å². The molecule has 8 rings (SSSR count). The van der Waals surface area contributed by atoms with Gasteiger partial charge in [-0.15, -0.1) is 0 Å². The number of nitrogens with one attached hydrogen (secondary N) is 2. The topological polar surface area (TPSA) is 99.5 Å². The number of nitrogen functional groups attached to an aromatic ring is 1. The van der Waals surface area contributed by atoms with Gasteiger partial charge in [0.1, 0.15) is 0 Å². The van der Waals surface area contributed by atoms with Crippen molar-refractivity contribution in [1.29, 1.82) is 10.8 Å². The number of anilines is 1. The molecule has 1 aliphatic rings. The van der Waals surface area contributed by atoms with E-state index in [-0.39, 0.29) is 11.4 Å². The summed E-state index contributed by atoms with van der Waals surface area (Å²) in [6.45, 7) is 0. The molecule has 7 aromatic rings. The van der Waals surface area contributed by atoms with Crippen LogP contribution in [0.5, 0.6) is 0 Å². The molecule has 224 valence electrons. The van der Waals surface area contributed by atoms with Gasteiger partial charge in [-0.05, 0) is 97.4 Å². The molecule has 0 radical (unpaired) electrons. The second-order valence-corrected chi connectivity index (χ2v) is 11.3. The van der Waals surface area contributed by atoms with E-state index < -0.39 is 0 Å². The molecular weight excluding hydrogens is 574 g/mol. The monoisotopic (exact) mass is 605 g/mol. The number of nitrogens with zero attached hydrogens (tertiary/aromatic N) is 2. The van der Waals surface area contributed by atoms with Gasteiger partial charge in [0, 0.05) is 41.6 Å². The Labute approximate surface area is 273 Å². The van der Waals surface area contributed by atoms with Gasteiger partial charge in [-0.1, -0.05) is 97.1 Å². The van der Waals surface area contributed by atoms with Crippen LogP contribution in [0.25, 0.3) is 60.5 Å². The van der Waals surface area contributed by atoms with Gasteiger partial charge in [0.2, 0.25) is 0 Å². The molecule has 47 heavy (non-hydrogen) atoms. The van der Waals surface area contributed by atoms with Gasteiger partial charge in [-0.2, -0.15) is 0 Å². The molecule has 0 spiro atoms. The van der Waals surface area contributed by atoms with E-state index in [1.54, 1.807) is 24.5 Å². The number of benzene rings is 5. The van der Waals surface area contributed by atoms with E-state index in [2.05, 4.69) is 88.8 Å². The minimum Gasteiger partial charge on any atom is -0.399 e. The number of hydrogen-bond donors (Lipinski definition) is 3. The Morgan fingerprint density at radius 3 is 1.43 bits per heavy atom. The molecule has 0 aliphatic heterocycles. The van der Waals surface area contributed by atoms with Crippen LogP contribution in [0.1, 0.15) is 5.56 Å². The molecule has 5 nitrogen and oxygen atoms in total. The quantitative estimate of drug-likeness (QED) is 0.106. The molecular formula is C42H31N5. The second-order valence-electron chi connectivity index (χ2n) is 11.3. The molecule has 0 unspecified atom stereocenters. The number of pyridine rings is 2. The summed E-state index contributed by atoms with van der Waals surface area (Å²) in [6, 6.07) is 41.4. The molecule has 1 aliphatic carbocycles. The summed E-state index contributed by atoms with van der Waals surface area (Å²) in [6.07, 6.45) is 12.7. The SMILES string of the molecule is N=C1C=CC(c2c3ccccc3c(-c3ccccc3)c3ccccc23)=CC1=N.Nc1cc(-c2cccnc2)cc(-c2cccnc2)c1. The first kappa shape index (κ1) is 29.3. The van der Waals surface area contributed by atoms with Gasteiger partial charge in [0.25, 0.3) is 0 Å². The molecule has 0 fully saturated rings. The normalized spacial score (nSPS) is 12.5. The Hall–Kier alpha value is -6.46. The van der Waals surface area contributed by atoms with Gasteiger partial charge in [0.15, 0.2) is 0 Å². The third-order valence-electron chi connectivity index (χ3n) is 8.25. The molecule has 0 amide bonds. The maximum absolute atomic E-state index is 8.12.